The normalized spacial score (nSPS) is 19.2. The number of hydrogen-bond acceptors (Lipinski definition) is 7. The van der Waals surface area contributed by atoms with Gasteiger partial charge in [0.15, 0.2) is 11.5 Å². The molecule has 0 spiro atoms. The number of tetrazole rings is 1. The summed E-state index contributed by atoms with van der Waals surface area (Å²) in [6.07, 6.45) is 9.47. The average molecular weight is 469 g/mol. The van der Waals surface area contributed by atoms with Crippen LogP contribution < -0.4 is 14.8 Å². The van der Waals surface area contributed by atoms with E-state index in [-0.39, 0.29) is 37.2 Å². The van der Waals surface area contributed by atoms with E-state index >= 15 is 0 Å². The quantitative estimate of drug-likeness (QED) is 0.665. The second kappa shape index (κ2) is 9.99. The van der Waals surface area contributed by atoms with Gasteiger partial charge in [-0.1, -0.05) is 32.1 Å². The molecule has 3 aliphatic rings. The molecule has 2 saturated carbocycles. The minimum Gasteiger partial charge on any atom is -0.454 e. The predicted molar refractivity (Wildman–Crippen MR) is 123 cm³/mol. The van der Waals surface area contributed by atoms with Gasteiger partial charge in [-0.05, 0) is 56.0 Å². The number of ether oxygens (including phenoxy) is 2. The SMILES string of the molecule is CC(C(=O)NC1CCCC1)N(C(=O)Cn1nnc(-c2ccc3c(c2)OCO3)n1)C1CCCCC1. The Labute approximate surface area is 199 Å². The van der Waals surface area contributed by atoms with Gasteiger partial charge in [0.2, 0.25) is 24.4 Å². The van der Waals surface area contributed by atoms with E-state index in [9.17, 15) is 9.59 Å². The predicted octanol–water partition coefficient (Wildman–Crippen LogP) is 2.68. The first-order valence-corrected chi connectivity index (χ1v) is 12.4. The van der Waals surface area contributed by atoms with Crippen molar-refractivity contribution in [1.82, 2.24) is 30.4 Å². The number of nitrogens with one attached hydrogen (secondary N) is 1. The zero-order chi connectivity index (χ0) is 23.5. The van der Waals surface area contributed by atoms with Crippen LogP contribution in [0.4, 0.5) is 0 Å². The van der Waals surface area contributed by atoms with Crippen molar-refractivity contribution in [3.8, 4) is 22.9 Å². The Morgan fingerprint density at radius 1 is 1.09 bits per heavy atom. The van der Waals surface area contributed by atoms with E-state index in [1.807, 2.05) is 13.0 Å². The number of nitrogens with zero attached hydrogens (tertiary/aromatic N) is 5. The second-order valence-corrected chi connectivity index (χ2v) is 9.47. The monoisotopic (exact) mass is 468 g/mol. The summed E-state index contributed by atoms with van der Waals surface area (Å²) in [5, 5.41) is 15.8. The zero-order valence-corrected chi connectivity index (χ0v) is 19.6. The molecule has 1 unspecified atom stereocenters. The van der Waals surface area contributed by atoms with Crippen LogP contribution in [-0.4, -0.2) is 61.8 Å². The molecule has 0 saturated heterocycles. The topological polar surface area (TPSA) is 111 Å². The summed E-state index contributed by atoms with van der Waals surface area (Å²) in [4.78, 5) is 29.6. The summed E-state index contributed by atoms with van der Waals surface area (Å²) in [5.41, 5.74) is 0.733. The molecule has 1 aromatic carbocycles. The molecule has 10 heteroatoms. The van der Waals surface area contributed by atoms with Gasteiger partial charge in [-0.2, -0.15) is 4.80 Å². The molecule has 1 atom stereocenters. The minimum atomic E-state index is -0.534. The minimum absolute atomic E-state index is 0.0578. The molecule has 2 aliphatic carbocycles. The summed E-state index contributed by atoms with van der Waals surface area (Å²) < 4.78 is 10.8. The van der Waals surface area contributed by atoms with E-state index in [4.69, 9.17) is 9.47 Å². The van der Waals surface area contributed by atoms with Crippen LogP contribution in [0.2, 0.25) is 0 Å². The van der Waals surface area contributed by atoms with Crippen molar-refractivity contribution in [2.24, 2.45) is 0 Å². The van der Waals surface area contributed by atoms with Gasteiger partial charge in [0, 0.05) is 17.6 Å². The fourth-order valence-electron chi connectivity index (χ4n) is 5.28. The summed E-state index contributed by atoms with van der Waals surface area (Å²) in [7, 11) is 0. The Kier molecular flexibility index (Phi) is 6.64. The first-order chi connectivity index (χ1) is 16.6. The Morgan fingerprint density at radius 3 is 2.62 bits per heavy atom. The average Bonchev–Trinajstić information content (AvgIpc) is 3.61. The number of carbonyl (C=O) groups excluding carboxylic acids is 2. The zero-order valence-electron chi connectivity index (χ0n) is 19.6. The number of fused-ring (bicyclic) bond motifs is 1. The fraction of sp³-hybridized carbons (Fsp3) is 0.625. The maximum absolute atomic E-state index is 13.5. The van der Waals surface area contributed by atoms with Crippen LogP contribution in [-0.2, 0) is 16.1 Å². The highest BCUT2D eigenvalue weighted by Crippen LogP contribution is 2.34. The number of benzene rings is 1. The maximum atomic E-state index is 13.5. The van der Waals surface area contributed by atoms with E-state index in [1.165, 1.54) is 11.2 Å². The number of carbonyl (C=O) groups is 2. The fourth-order valence-corrected chi connectivity index (χ4v) is 5.28. The molecule has 2 amide bonds. The molecule has 182 valence electrons. The van der Waals surface area contributed by atoms with Gasteiger partial charge >= 0.3 is 0 Å². The molecular formula is C24H32N6O4. The number of aromatic nitrogens is 4. The molecular weight excluding hydrogens is 436 g/mol. The van der Waals surface area contributed by atoms with Crippen molar-refractivity contribution in [2.45, 2.75) is 89.4 Å². The molecule has 0 radical (unpaired) electrons. The standard InChI is InChI=1S/C24H32N6O4/c1-16(24(32)25-18-7-5-6-8-18)30(19-9-3-2-4-10-19)22(31)14-29-27-23(26-28-29)17-11-12-20-21(13-17)34-15-33-20/h11-13,16,18-19H,2-10,14-15H2,1H3,(H,25,32). The number of amides is 2. The van der Waals surface area contributed by atoms with Crippen LogP contribution in [0.5, 0.6) is 11.5 Å². The van der Waals surface area contributed by atoms with Crippen molar-refractivity contribution in [3.05, 3.63) is 18.2 Å². The molecule has 1 aliphatic heterocycles. The third-order valence-corrected chi connectivity index (χ3v) is 7.11. The Balaban J connectivity index is 1.29. The number of rotatable bonds is 7. The van der Waals surface area contributed by atoms with Crippen molar-refractivity contribution >= 4 is 11.8 Å². The van der Waals surface area contributed by atoms with Gasteiger partial charge in [-0.15, -0.1) is 10.2 Å². The molecule has 1 aromatic heterocycles. The van der Waals surface area contributed by atoms with Crippen LogP contribution in [0.25, 0.3) is 11.4 Å². The highest BCUT2D eigenvalue weighted by atomic mass is 16.7. The Bertz CT molecular complexity index is 1030. The van der Waals surface area contributed by atoms with E-state index < -0.39 is 6.04 Å². The molecule has 34 heavy (non-hydrogen) atoms. The van der Waals surface area contributed by atoms with Crippen LogP contribution in [0.15, 0.2) is 18.2 Å². The van der Waals surface area contributed by atoms with Crippen molar-refractivity contribution in [1.29, 1.82) is 0 Å². The van der Waals surface area contributed by atoms with Gasteiger partial charge in [-0.3, -0.25) is 9.59 Å². The Morgan fingerprint density at radius 2 is 1.82 bits per heavy atom. The first-order valence-electron chi connectivity index (χ1n) is 12.4. The molecule has 2 fully saturated rings. The summed E-state index contributed by atoms with van der Waals surface area (Å²) in [5.74, 6) is 1.49. The van der Waals surface area contributed by atoms with Crippen molar-refractivity contribution < 1.29 is 19.1 Å². The summed E-state index contributed by atoms with van der Waals surface area (Å²) >= 11 is 0. The van der Waals surface area contributed by atoms with Crippen LogP contribution in [0.1, 0.15) is 64.7 Å². The van der Waals surface area contributed by atoms with Gasteiger partial charge in [0.05, 0.1) is 0 Å². The number of hydrogen-bond donors (Lipinski definition) is 1. The molecule has 0 bridgehead atoms. The van der Waals surface area contributed by atoms with Crippen LogP contribution in [0.3, 0.4) is 0 Å². The third-order valence-electron chi connectivity index (χ3n) is 7.11. The van der Waals surface area contributed by atoms with Gasteiger partial charge < -0.3 is 19.7 Å². The molecule has 1 N–H and O–H groups in total. The van der Waals surface area contributed by atoms with Crippen LogP contribution >= 0.6 is 0 Å². The summed E-state index contributed by atoms with van der Waals surface area (Å²) in [6, 6.07) is 5.18. The van der Waals surface area contributed by atoms with Gasteiger partial charge in [0.25, 0.3) is 0 Å². The highest BCUT2D eigenvalue weighted by Gasteiger charge is 2.34. The van der Waals surface area contributed by atoms with Crippen molar-refractivity contribution in [2.75, 3.05) is 6.79 Å². The van der Waals surface area contributed by atoms with E-state index in [2.05, 4.69) is 20.7 Å². The van der Waals surface area contributed by atoms with Crippen molar-refractivity contribution in [3.63, 3.8) is 0 Å². The molecule has 2 aromatic rings. The van der Waals surface area contributed by atoms with Gasteiger partial charge in [-0.25, -0.2) is 0 Å². The highest BCUT2D eigenvalue weighted by molar-refractivity contribution is 5.87. The first kappa shape index (κ1) is 22.6. The lowest BCUT2D eigenvalue weighted by Crippen LogP contribution is -2.55. The van der Waals surface area contributed by atoms with E-state index in [0.29, 0.717) is 17.3 Å². The van der Waals surface area contributed by atoms with Crippen LogP contribution in [0, 0.1) is 0 Å². The second-order valence-electron chi connectivity index (χ2n) is 9.47. The van der Waals surface area contributed by atoms with E-state index in [0.717, 1.165) is 56.9 Å². The van der Waals surface area contributed by atoms with E-state index in [1.54, 1.807) is 17.0 Å². The lowest BCUT2D eigenvalue weighted by atomic mass is 9.93. The summed E-state index contributed by atoms with van der Waals surface area (Å²) in [6.45, 7) is 1.97. The molecule has 2 heterocycles. The molecule has 5 rings (SSSR count). The largest absolute Gasteiger partial charge is 0.454 e. The van der Waals surface area contributed by atoms with Gasteiger partial charge in [0.1, 0.15) is 12.6 Å². The molecule has 10 nitrogen and oxygen atoms in total. The lowest BCUT2D eigenvalue weighted by Gasteiger charge is -2.38. The lowest BCUT2D eigenvalue weighted by molar-refractivity contribution is -0.144. The Hall–Kier alpha value is -3.17. The maximum Gasteiger partial charge on any atom is 0.247 e. The third kappa shape index (κ3) is 4.85. The smallest absolute Gasteiger partial charge is 0.247 e.